The molecule has 2 aliphatic carbocycles. The smallest absolute Gasteiger partial charge is 0.230 e. The summed E-state index contributed by atoms with van der Waals surface area (Å²) in [6.45, 7) is 2.29. The predicted molar refractivity (Wildman–Crippen MR) is 86.8 cm³/mol. The molecule has 2 N–H and O–H groups in total. The van der Waals surface area contributed by atoms with E-state index in [0.717, 1.165) is 28.2 Å². The van der Waals surface area contributed by atoms with Gasteiger partial charge in [0.1, 0.15) is 0 Å². The number of nitrogens with one attached hydrogen (secondary N) is 2. The quantitative estimate of drug-likeness (QED) is 0.787. The summed E-state index contributed by atoms with van der Waals surface area (Å²) in [4.78, 5) is 12.0. The standard InChI is InChI=1S/C14H22N4OS2/c1-9-2-4-10(5-3-9)15-12(19)8-20-14-18-17-13(21-14)16-11-6-7-11/h9-11H,2-8H2,1H3,(H,15,19)(H,16,17). The van der Waals surface area contributed by atoms with Crippen molar-refractivity contribution in [3.8, 4) is 0 Å². The number of aromatic nitrogens is 2. The minimum atomic E-state index is 0.117. The van der Waals surface area contributed by atoms with Crippen LogP contribution in [0.3, 0.4) is 0 Å². The molecule has 5 nitrogen and oxygen atoms in total. The lowest BCUT2D eigenvalue weighted by Gasteiger charge is -2.26. The van der Waals surface area contributed by atoms with E-state index in [1.807, 2.05) is 0 Å². The highest BCUT2D eigenvalue weighted by Crippen LogP contribution is 2.30. The van der Waals surface area contributed by atoms with Gasteiger partial charge in [0, 0.05) is 12.1 Å². The molecule has 1 aromatic rings. The summed E-state index contributed by atoms with van der Waals surface area (Å²) in [5, 5.41) is 15.6. The van der Waals surface area contributed by atoms with Crippen LogP contribution in [0.15, 0.2) is 4.34 Å². The molecule has 0 unspecified atom stereocenters. The molecule has 0 atom stereocenters. The minimum absolute atomic E-state index is 0.117. The number of hydrogen-bond acceptors (Lipinski definition) is 6. The Hall–Kier alpha value is -0.820. The maximum absolute atomic E-state index is 12.0. The van der Waals surface area contributed by atoms with Crippen LogP contribution in [0.4, 0.5) is 5.13 Å². The molecule has 0 aromatic carbocycles. The first kappa shape index (κ1) is 15.1. The topological polar surface area (TPSA) is 66.9 Å². The number of nitrogens with zero attached hydrogens (tertiary/aromatic N) is 2. The maximum Gasteiger partial charge on any atom is 0.230 e. The Kier molecular flexibility index (Phi) is 5.00. The largest absolute Gasteiger partial charge is 0.357 e. The number of hydrogen-bond donors (Lipinski definition) is 2. The van der Waals surface area contributed by atoms with Crippen LogP contribution in [-0.4, -0.2) is 33.9 Å². The summed E-state index contributed by atoms with van der Waals surface area (Å²) in [5.41, 5.74) is 0. The van der Waals surface area contributed by atoms with Crippen molar-refractivity contribution in [2.45, 2.75) is 61.9 Å². The molecule has 1 aromatic heterocycles. The van der Waals surface area contributed by atoms with Gasteiger partial charge in [0.25, 0.3) is 0 Å². The second-order valence-electron chi connectivity index (χ2n) is 6.10. The van der Waals surface area contributed by atoms with E-state index in [-0.39, 0.29) is 5.91 Å². The molecule has 0 bridgehead atoms. The predicted octanol–water partition coefficient (Wildman–Crippen LogP) is 2.90. The molecule has 7 heteroatoms. The van der Waals surface area contributed by atoms with Crippen molar-refractivity contribution in [3.63, 3.8) is 0 Å². The summed E-state index contributed by atoms with van der Waals surface area (Å²) in [6, 6.07) is 0.962. The number of anilines is 1. The molecule has 2 fully saturated rings. The van der Waals surface area contributed by atoms with Crippen molar-refractivity contribution in [1.82, 2.24) is 15.5 Å². The van der Waals surface area contributed by atoms with Gasteiger partial charge in [-0.2, -0.15) is 0 Å². The average molecular weight is 326 g/mol. The molecule has 21 heavy (non-hydrogen) atoms. The highest BCUT2D eigenvalue weighted by atomic mass is 32.2. The summed E-state index contributed by atoms with van der Waals surface area (Å²) in [7, 11) is 0. The van der Waals surface area contributed by atoms with Gasteiger partial charge in [0.05, 0.1) is 5.75 Å². The summed E-state index contributed by atoms with van der Waals surface area (Å²) in [5.74, 6) is 1.36. The van der Waals surface area contributed by atoms with Gasteiger partial charge >= 0.3 is 0 Å². The Labute approximate surface area is 133 Å². The Morgan fingerprint density at radius 2 is 1.90 bits per heavy atom. The zero-order valence-electron chi connectivity index (χ0n) is 12.3. The number of rotatable bonds is 6. The molecule has 1 heterocycles. The summed E-state index contributed by atoms with van der Waals surface area (Å²) >= 11 is 3.02. The number of amides is 1. The Bertz CT molecular complexity index is 481. The molecular weight excluding hydrogens is 304 g/mol. The van der Waals surface area contributed by atoms with Crippen LogP contribution in [0, 0.1) is 5.92 Å². The second kappa shape index (κ2) is 6.96. The molecule has 1 amide bonds. The fourth-order valence-electron chi connectivity index (χ4n) is 2.53. The van der Waals surface area contributed by atoms with E-state index in [1.54, 1.807) is 0 Å². The number of carbonyl (C=O) groups is 1. The molecular formula is C14H22N4OS2. The number of thioether (sulfide) groups is 1. The van der Waals surface area contributed by atoms with Crippen LogP contribution in [0.25, 0.3) is 0 Å². The Morgan fingerprint density at radius 3 is 2.62 bits per heavy atom. The first-order chi connectivity index (χ1) is 10.2. The third-order valence-electron chi connectivity index (χ3n) is 4.02. The third-order valence-corrected chi connectivity index (χ3v) is 6.01. The van der Waals surface area contributed by atoms with Crippen LogP contribution in [0.2, 0.25) is 0 Å². The van der Waals surface area contributed by atoms with Crippen LogP contribution >= 0.6 is 23.1 Å². The van der Waals surface area contributed by atoms with E-state index in [1.165, 1.54) is 48.8 Å². The van der Waals surface area contributed by atoms with Crippen molar-refractivity contribution in [1.29, 1.82) is 0 Å². The Balaban J connectivity index is 1.37. The van der Waals surface area contributed by atoms with E-state index < -0.39 is 0 Å². The molecule has 2 aliphatic rings. The monoisotopic (exact) mass is 326 g/mol. The van der Waals surface area contributed by atoms with Crippen LogP contribution in [0.5, 0.6) is 0 Å². The first-order valence-electron chi connectivity index (χ1n) is 7.71. The Morgan fingerprint density at radius 1 is 1.19 bits per heavy atom. The van der Waals surface area contributed by atoms with Crippen molar-refractivity contribution >= 4 is 34.1 Å². The van der Waals surface area contributed by atoms with Crippen LogP contribution in [0.1, 0.15) is 45.4 Å². The van der Waals surface area contributed by atoms with Crippen LogP contribution in [-0.2, 0) is 4.79 Å². The average Bonchev–Trinajstić information content (AvgIpc) is 3.16. The lowest BCUT2D eigenvalue weighted by Crippen LogP contribution is -2.38. The highest BCUT2D eigenvalue weighted by molar-refractivity contribution is 8.01. The summed E-state index contributed by atoms with van der Waals surface area (Å²) in [6.07, 6.45) is 7.14. The molecule has 0 saturated heterocycles. The van der Waals surface area contributed by atoms with Crippen LogP contribution < -0.4 is 10.6 Å². The minimum Gasteiger partial charge on any atom is -0.357 e. The maximum atomic E-state index is 12.0. The van der Waals surface area contributed by atoms with E-state index in [0.29, 0.717) is 17.8 Å². The normalized spacial score (nSPS) is 25.6. The zero-order chi connectivity index (χ0) is 14.7. The molecule has 0 spiro atoms. The number of carbonyl (C=O) groups excluding carboxylic acids is 1. The van der Waals surface area contributed by atoms with Gasteiger partial charge in [-0.1, -0.05) is 30.0 Å². The lowest BCUT2D eigenvalue weighted by molar-refractivity contribution is -0.119. The van der Waals surface area contributed by atoms with Gasteiger partial charge in [0.15, 0.2) is 4.34 Å². The van der Waals surface area contributed by atoms with Gasteiger partial charge in [-0.05, 0) is 44.4 Å². The molecule has 116 valence electrons. The van der Waals surface area contributed by atoms with Crippen molar-refractivity contribution in [3.05, 3.63) is 0 Å². The highest BCUT2D eigenvalue weighted by Gasteiger charge is 2.23. The first-order valence-corrected chi connectivity index (χ1v) is 9.51. The van der Waals surface area contributed by atoms with E-state index in [4.69, 9.17) is 0 Å². The van der Waals surface area contributed by atoms with Gasteiger partial charge in [-0.25, -0.2) is 0 Å². The molecule has 3 rings (SSSR count). The van der Waals surface area contributed by atoms with Gasteiger partial charge in [-0.15, -0.1) is 10.2 Å². The summed E-state index contributed by atoms with van der Waals surface area (Å²) < 4.78 is 0.866. The van der Waals surface area contributed by atoms with Gasteiger partial charge in [-0.3, -0.25) is 4.79 Å². The van der Waals surface area contributed by atoms with Gasteiger partial charge < -0.3 is 10.6 Å². The van der Waals surface area contributed by atoms with Gasteiger partial charge in [0.2, 0.25) is 11.0 Å². The molecule has 2 saturated carbocycles. The molecule has 0 aliphatic heterocycles. The van der Waals surface area contributed by atoms with Crippen molar-refractivity contribution in [2.24, 2.45) is 5.92 Å². The van der Waals surface area contributed by atoms with E-state index in [2.05, 4.69) is 27.8 Å². The van der Waals surface area contributed by atoms with E-state index >= 15 is 0 Å². The van der Waals surface area contributed by atoms with Crippen molar-refractivity contribution in [2.75, 3.05) is 11.1 Å². The third kappa shape index (κ3) is 4.85. The fourth-order valence-corrected chi connectivity index (χ4v) is 4.17. The lowest BCUT2D eigenvalue weighted by atomic mass is 9.87. The second-order valence-corrected chi connectivity index (χ2v) is 8.30. The van der Waals surface area contributed by atoms with E-state index in [9.17, 15) is 4.79 Å². The SMILES string of the molecule is CC1CCC(NC(=O)CSc2nnc(NC3CC3)s2)CC1. The fraction of sp³-hybridized carbons (Fsp3) is 0.786. The van der Waals surface area contributed by atoms with Crippen molar-refractivity contribution < 1.29 is 4.79 Å². The zero-order valence-corrected chi connectivity index (χ0v) is 13.9. The molecule has 0 radical (unpaired) electrons.